The number of nitrogens with zero attached hydrogens (tertiary/aromatic N) is 2. The first kappa shape index (κ1) is 15.5. The van der Waals surface area contributed by atoms with E-state index in [0.29, 0.717) is 5.92 Å². The van der Waals surface area contributed by atoms with Crippen LogP contribution >= 0.6 is 0 Å². The van der Waals surface area contributed by atoms with Gasteiger partial charge in [0.25, 0.3) is 0 Å². The van der Waals surface area contributed by atoms with Crippen LogP contribution in [-0.2, 0) is 19.4 Å². The minimum atomic E-state index is 0.618. The van der Waals surface area contributed by atoms with Crippen LogP contribution in [0.1, 0.15) is 23.1 Å². The number of aryl methyl sites for hydroxylation is 2. The van der Waals surface area contributed by atoms with Crippen LogP contribution in [0.2, 0.25) is 0 Å². The third kappa shape index (κ3) is 4.82. The molecule has 0 saturated carbocycles. The first-order chi connectivity index (χ1) is 11.3. The maximum absolute atomic E-state index is 4.18. The van der Waals surface area contributed by atoms with Gasteiger partial charge in [-0.2, -0.15) is 0 Å². The highest BCUT2D eigenvalue weighted by Gasteiger charge is 2.11. The summed E-state index contributed by atoms with van der Waals surface area (Å²) < 4.78 is 2.20. The van der Waals surface area contributed by atoms with Crippen molar-refractivity contribution in [2.24, 2.45) is 5.92 Å². The molecule has 0 spiro atoms. The van der Waals surface area contributed by atoms with Gasteiger partial charge in [-0.3, -0.25) is 0 Å². The van der Waals surface area contributed by atoms with E-state index in [2.05, 4.69) is 77.3 Å². The fourth-order valence-corrected chi connectivity index (χ4v) is 3.02. The minimum Gasteiger partial charge on any atom is -0.337 e. The molecule has 0 aliphatic rings. The fourth-order valence-electron chi connectivity index (χ4n) is 3.02. The van der Waals surface area contributed by atoms with Gasteiger partial charge in [-0.15, -0.1) is 0 Å². The van der Waals surface area contributed by atoms with Gasteiger partial charge in [-0.05, 0) is 43.2 Å². The van der Waals surface area contributed by atoms with Gasteiger partial charge in [0, 0.05) is 18.9 Å². The molecule has 1 heterocycles. The Morgan fingerprint density at radius 1 is 0.957 bits per heavy atom. The molecular weight excluding hydrogens is 280 g/mol. The van der Waals surface area contributed by atoms with E-state index in [1.165, 1.54) is 23.1 Å². The lowest BCUT2D eigenvalue weighted by molar-refractivity contribution is 0.412. The maximum Gasteiger partial charge on any atom is 0.0945 e. The van der Waals surface area contributed by atoms with Gasteiger partial charge in [0.05, 0.1) is 6.33 Å². The molecule has 0 radical (unpaired) electrons. The molecule has 2 nitrogen and oxygen atoms in total. The first-order valence-corrected chi connectivity index (χ1v) is 8.35. The number of imidazole rings is 1. The summed E-state index contributed by atoms with van der Waals surface area (Å²) in [4.78, 5) is 4.18. The van der Waals surface area contributed by atoms with E-state index in [1.807, 2.05) is 12.5 Å². The van der Waals surface area contributed by atoms with E-state index in [1.54, 1.807) is 0 Å². The van der Waals surface area contributed by atoms with Crippen LogP contribution in [0.25, 0.3) is 0 Å². The topological polar surface area (TPSA) is 17.8 Å². The van der Waals surface area contributed by atoms with Crippen LogP contribution in [0, 0.1) is 12.8 Å². The predicted octanol–water partition coefficient (Wildman–Crippen LogP) is 4.68. The Morgan fingerprint density at radius 2 is 1.74 bits per heavy atom. The molecule has 0 bridgehead atoms. The molecule has 3 aromatic rings. The zero-order chi connectivity index (χ0) is 15.9. The second-order valence-electron chi connectivity index (χ2n) is 6.34. The average molecular weight is 304 g/mol. The molecule has 2 heteroatoms. The molecular formula is C21H24N2. The van der Waals surface area contributed by atoms with Crippen molar-refractivity contribution in [2.75, 3.05) is 0 Å². The summed E-state index contributed by atoms with van der Waals surface area (Å²) in [6.07, 6.45) is 9.28. The van der Waals surface area contributed by atoms with Gasteiger partial charge in [0.1, 0.15) is 0 Å². The summed E-state index contributed by atoms with van der Waals surface area (Å²) in [7, 11) is 0. The molecule has 1 aromatic heterocycles. The molecule has 3 rings (SSSR count). The van der Waals surface area contributed by atoms with Crippen molar-refractivity contribution in [1.82, 2.24) is 9.55 Å². The summed E-state index contributed by atoms with van der Waals surface area (Å²) in [6.45, 7) is 3.17. The molecule has 23 heavy (non-hydrogen) atoms. The molecule has 1 unspecified atom stereocenters. The summed E-state index contributed by atoms with van der Waals surface area (Å²) in [5.41, 5.74) is 4.17. The maximum atomic E-state index is 4.18. The first-order valence-electron chi connectivity index (χ1n) is 8.35. The molecule has 0 N–H and O–H groups in total. The number of rotatable bonds is 7. The van der Waals surface area contributed by atoms with Gasteiger partial charge in [0.2, 0.25) is 0 Å². The van der Waals surface area contributed by atoms with Crippen LogP contribution in [0.15, 0.2) is 73.3 Å². The Morgan fingerprint density at radius 3 is 2.43 bits per heavy atom. The number of aromatic nitrogens is 2. The van der Waals surface area contributed by atoms with Crippen LogP contribution in [0.3, 0.4) is 0 Å². The SMILES string of the molecule is Cc1ccc(CC(CCc2ccccc2)Cn2ccnc2)cc1. The third-order valence-electron chi connectivity index (χ3n) is 4.36. The quantitative estimate of drug-likeness (QED) is 0.619. The van der Waals surface area contributed by atoms with Crippen molar-refractivity contribution < 1.29 is 0 Å². The molecule has 118 valence electrons. The normalized spacial score (nSPS) is 12.2. The molecule has 1 atom stereocenters. The summed E-state index contributed by atoms with van der Waals surface area (Å²) >= 11 is 0. The van der Waals surface area contributed by atoms with Crippen molar-refractivity contribution in [2.45, 2.75) is 32.7 Å². The Hall–Kier alpha value is -2.35. The van der Waals surface area contributed by atoms with Crippen LogP contribution in [0.4, 0.5) is 0 Å². The lowest BCUT2D eigenvalue weighted by Gasteiger charge is -2.18. The molecule has 2 aromatic carbocycles. The van der Waals surface area contributed by atoms with Gasteiger partial charge in [-0.1, -0.05) is 60.2 Å². The summed E-state index contributed by atoms with van der Waals surface area (Å²) in [5.74, 6) is 0.618. The average Bonchev–Trinajstić information content (AvgIpc) is 3.09. The van der Waals surface area contributed by atoms with Crippen molar-refractivity contribution in [1.29, 1.82) is 0 Å². The molecule has 0 amide bonds. The van der Waals surface area contributed by atoms with Crippen LogP contribution in [-0.4, -0.2) is 9.55 Å². The van der Waals surface area contributed by atoms with Crippen molar-refractivity contribution >= 4 is 0 Å². The second kappa shape index (κ2) is 7.77. The van der Waals surface area contributed by atoms with E-state index in [9.17, 15) is 0 Å². The van der Waals surface area contributed by atoms with Crippen molar-refractivity contribution in [3.8, 4) is 0 Å². The van der Waals surface area contributed by atoms with Crippen molar-refractivity contribution in [3.63, 3.8) is 0 Å². The van der Waals surface area contributed by atoms with E-state index < -0.39 is 0 Å². The van der Waals surface area contributed by atoms with Gasteiger partial charge < -0.3 is 4.57 Å². The van der Waals surface area contributed by atoms with Gasteiger partial charge in [0.15, 0.2) is 0 Å². The smallest absolute Gasteiger partial charge is 0.0945 e. The zero-order valence-electron chi connectivity index (χ0n) is 13.7. The number of benzene rings is 2. The summed E-state index contributed by atoms with van der Waals surface area (Å²) in [5, 5.41) is 0. The molecule has 0 fully saturated rings. The Bertz CT molecular complexity index is 684. The lowest BCUT2D eigenvalue weighted by atomic mass is 9.92. The lowest BCUT2D eigenvalue weighted by Crippen LogP contribution is -2.14. The standard InChI is InChI=1S/C21H24N2/c1-18-7-9-20(10-8-18)15-21(16-23-14-13-22-17-23)12-11-19-5-3-2-4-6-19/h2-10,13-14,17,21H,11-12,15-16H2,1H3. The largest absolute Gasteiger partial charge is 0.337 e. The Kier molecular flexibility index (Phi) is 5.25. The zero-order valence-corrected chi connectivity index (χ0v) is 13.7. The minimum absolute atomic E-state index is 0.618. The highest BCUT2D eigenvalue weighted by molar-refractivity contribution is 5.22. The fraction of sp³-hybridized carbons (Fsp3) is 0.286. The van der Waals surface area contributed by atoms with Crippen LogP contribution < -0.4 is 0 Å². The van der Waals surface area contributed by atoms with E-state index in [-0.39, 0.29) is 0 Å². The molecule has 0 aliphatic carbocycles. The molecule has 0 saturated heterocycles. The highest BCUT2D eigenvalue weighted by atomic mass is 15.0. The molecule has 0 aliphatic heterocycles. The van der Waals surface area contributed by atoms with E-state index in [0.717, 1.165) is 19.4 Å². The second-order valence-corrected chi connectivity index (χ2v) is 6.34. The Labute approximate surface area is 138 Å². The highest BCUT2D eigenvalue weighted by Crippen LogP contribution is 2.18. The van der Waals surface area contributed by atoms with Gasteiger partial charge >= 0.3 is 0 Å². The van der Waals surface area contributed by atoms with Gasteiger partial charge in [-0.25, -0.2) is 4.98 Å². The predicted molar refractivity (Wildman–Crippen MR) is 95.4 cm³/mol. The van der Waals surface area contributed by atoms with Crippen LogP contribution in [0.5, 0.6) is 0 Å². The van der Waals surface area contributed by atoms with Crippen molar-refractivity contribution in [3.05, 3.63) is 90.0 Å². The van der Waals surface area contributed by atoms with E-state index in [4.69, 9.17) is 0 Å². The number of hydrogen-bond donors (Lipinski definition) is 0. The number of hydrogen-bond acceptors (Lipinski definition) is 1. The van der Waals surface area contributed by atoms with E-state index >= 15 is 0 Å². The monoisotopic (exact) mass is 304 g/mol. The summed E-state index contributed by atoms with van der Waals surface area (Å²) in [6, 6.07) is 19.7. The Balaban J connectivity index is 1.66. The third-order valence-corrected chi connectivity index (χ3v) is 4.36.